The van der Waals surface area contributed by atoms with Gasteiger partial charge in [-0.3, -0.25) is 0 Å². The Morgan fingerprint density at radius 1 is 1.56 bits per heavy atom. The fourth-order valence-electron chi connectivity index (χ4n) is 0.648. The van der Waals surface area contributed by atoms with Gasteiger partial charge in [0.1, 0.15) is 5.82 Å². The van der Waals surface area contributed by atoms with Crippen molar-refractivity contribution in [3.63, 3.8) is 0 Å². The maximum Gasteiger partial charge on any atom is 0.194 e. The summed E-state index contributed by atoms with van der Waals surface area (Å²) in [5.41, 5.74) is 0. The Kier molecular flexibility index (Phi) is 2.05. The van der Waals surface area contributed by atoms with Crippen LogP contribution in [0.3, 0.4) is 0 Å². The fourth-order valence-corrected chi connectivity index (χ4v) is 1.03. The summed E-state index contributed by atoms with van der Waals surface area (Å²) in [4.78, 5) is 0. The Hall–Kier alpha value is -0.130. The van der Waals surface area contributed by atoms with Gasteiger partial charge in [0, 0.05) is 36.1 Å². The molecule has 0 aliphatic rings. The number of nitrogens with zero attached hydrogens (tertiary/aromatic N) is 3. The van der Waals surface area contributed by atoms with E-state index in [1.54, 1.807) is 0 Å². The lowest BCUT2D eigenvalue weighted by molar-refractivity contribution is 0.792. The van der Waals surface area contributed by atoms with Crippen LogP contribution in [0.2, 0.25) is 0 Å². The molecule has 0 aromatic carbocycles. The summed E-state index contributed by atoms with van der Waals surface area (Å²) >= 11 is 2.16. The van der Waals surface area contributed by atoms with Gasteiger partial charge in [0.05, 0.1) is 0 Å². The van der Waals surface area contributed by atoms with Crippen molar-refractivity contribution < 1.29 is 0 Å². The van der Waals surface area contributed by atoms with E-state index in [9.17, 15) is 0 Å². The van der Waals surface area contributed by atoms with Gasteiger partial charge in [-0.1, -0.05) is 6.92 Å². The highest BCUT2D eigenvalue weighted by atomic mass is 127. The summed E-state index contributed by atoms with van der Waals surface area (Å²) in [6.07, 6.45) is 0.951. The van der Waals surface area contributed by atoms with Gasteiger partial charge in [-0.05, 0) is 0 Å². The molecule has 0 N–H and O–H groups in total. The largest absolute Gasteiger partial charge is 0.310 e. The SMILES string of the molecule is CCc1nnc(I)n1C. The lowest BCUT2D eigenvalue weighted by atomic mass is 10.5. The molecule has 0 radical (unpaired) electrons. The fraction of sp³-hybridized carbons (Fsp3) is 0.600. The van der Waals surface area contributed by atoms with E-state index >= 15 is 0 Å². The summed E-state index contributed by atoms with van der Waals surface area (Å²) in [7, 11) is 1.97. The minimum Gasteiger partial charge on any atom is -0.310 e. The molecule has 0 atom stereocenters. The molecule has 1 heterocycles. The molecule has 0 amide bonds. The molecule has 9 heavy (non-hydrogen) atoms. The van der Waals surface area contributed by atoms with Gasteiger partial charge in [0.2, 0.25) is 0 Å². The number of aryl methyl sites for hydroxylation is 1. The second-order valence-corrected chi connectivity index (χ2v) is 2.76. The molecule has 0 aliphatic heterocycles. The van der Waals surface area contributed by atoms with E-state index in [0.717, 1.165) is 16.1 Å². The van der Waals surface area contributed by atoms with Crippen molar-refractivity contribution in [1.82, 2.24) is 14.8 Å². The summed E-state index contributed by atoms with van der Waals surface area (Å²) in [6.45, 7) is 2.07. The minimum absolute atomic E-state index is 0.949. The molecule has 0 unspecified atom stereocenters. The third-order valence-corrected chi connectivity index (χ3v) is 2.17. The minimum atomic E-state index is 0.949. The molecule has 4 heteroatoms. The molecular formula is C5H8IN3. The maximum atomic E-state index is 3.94. The number of rotatable bonds is 1. The smallest absolute Gasteiger partial charge is 0.194 e. The Balaban J connectivity index is 3.04. The van der Waals surface area contributed by atoms with Crippen molar-refractivity contribution in [2.45, 2.75) is 13.3 Å². The highest BCUT2D eigenvalue weighted by molar-refractivity contribution is 14.1. The first-order valence-corrected chi connectivity index (χ1v) is 3.87. The summed E-state index contributed by atoms with van der Waals surface area (Å²) < 4.78 is 2.94. The number of hydrogen-bond acceptors (Lipinski definition) is 2. The van der Waals surface area contributed by atoms with Crippen LogP contribution in [0.1, 0.15) is 12.7 Å². The zero-order chi connectivity index (χ0) is 6.85. The zero-order valence-electron chi connectivity index (χ0n) is 5.43. The zero-order valence-corrected chi connectivity index (χ0v) is 7.58. The van der Waals surface area contributed by atoms with Crippen molar-refractivity contribution in [3.05, 3.63) is 9.66 Å². The van der Waals surface area contributed by atoms with Crippen molar-refractivity contribution in [3.8, 4) is 0 Å². The average Bonchev–Trinajstić information content (AvgIpc) is 2.15. The molecule has 1 rings (SSSR count). The molecule has 0 aliphatic carbocycles. The van der Waals surface area contributed by atoms with Gasteiger partial charge in [-0.15, -0.1) is 10.2 Å². The maximum absolute atomic E-state index is 3.94. The molecule has 0 bridgehead atoms. The van der Waals surface area contributed by atoms with E-state index in [4.69, 9.17) is 0 Å². The molecule has 1 aromatic rings. The first kappa shape index (κ1) is 6.98. The van der Waals surface area contributed by atoms with Crippen LogP contribution in [0, 0.1) is 3.83 Å². The van der Waals surface area contributed by atoms with Crippen molar-refractivity contribution in [1.29, 1.82) is 0 Å². The van der Waals surface area contributed by atoms with Crippen LogP contribution in [0.5, 0.6) is 0 Å². The third-order valence-electron chi connectivity index (χ3n) is 1.23. The van der Waals surface area contributed by atoms with E-state index in [1.807, 2.05) is 11.6 Å². The first-order chi connectivity index (χ1) is 4.25. The van der Waals surface area contributed by atoms with Crippen LogP contribution in [-0.4, -0.2) is 14.8 Å². The van der Waals surface area contributed by atoms with Crippen molar-refractivity contribution in [2.75, 3.05) is 0 Å². The normalized spacial score (nSPS) is 10.1. The van der Waals surface area contributed by atoms with Crippen LogP contribution in [0.25, 0.3) is 0 Å². The summed E-state index contributed by atoms with van der Waals surface area (Å²) in [5.74, 6) is 1.04. The van der Waals surface area contributed by atoms with Gasteiger partial charge < -0.3 is 4.57 Å². The van der Waals surface area contributed by atoms with Crippen molar-refractivity contribution in [2.24, 2.45) is 7.05 Å². The second-order valence-electron chi connectivity index (χ2n) is 1.80. The molecule has 0 fully saturated rings. The van der Waals surface area contributed by atoms with Crippen LogP contribution in [0.15, 0.2) is 0 Å². The lowest BCUT2D eigenvalue weighted by Crippen LogP contribution is -1.96. The molecule has 50 valence electrons. The summed E-state index contributed by atoms with van der Waals surface area (Å²) in [6, 6.07) is 0. The molecular weight excluding hydrogens is 229 g/mol. The molecule has 1 aromatic heterocycles. The van der Waals surface area contributed by atoms with E-state index in [0.29, 0.717) is 0 Å². The number of halogens is 1. The van der Waals surface area contributed by atoms with Gasteiger partial charge in [-0.25, -0.2) is 0 Å². The van der Waals surface area contributed by atoms with Crippen LogP contribution in [0.4, 0.5) is 0 Å². The number of aromatic nitrogens is 3. The Morgan fingerprint density at radius 2 is 2.22 bits per heavy atom. The first-order valence-electron chi connectivity index (χ1n) is 2.79. The predicted octanol–water partition coefficient (Wildman–Crippen LogP) is 0.982. The lowest BCUT2D eigenvalue weighted by Gasteiger charge is -1.93. The van der Waals surface area contributed by atoms with E-state index in [2.05, 4.69) is 39.7 Å². The van der Waals surface area contributed by atoms with Gasteiger partial charge in [-0.2, -0.15) is 0 Å². The van der Waals surface area contributed by atoms with Crippen LogP contribution >= 0.6 is 22.6 Å². The Morgan fingerprint density at radius 3 is 2.44 bits per heavy atom. The number of hydrogen-bond donors (Lipinski definition) is 0. The molecule has 3 nitrogen and oxygen atoms in total. The predicted molar refractivity (Wildman–Crippen MR) is 43.1 cm³/mol. The Bertz CT molecular complexity index is 206. The third kappa shape index (κ3) is 1.23. The molecule has 0 spiro atoms. The second kappa shape index (κ2) is 2.64. The van der Waals surface area contributed by atoms with Gasteiger partial charge >= 0.3 is 0 Å². The quantitative estimate of drug-likeness (QED) is 0.681. The molecule has 0 saturated heterocycles. The van der Waals surface area contributed by atoms with Crippen molar-refractivity contribution >= 4 is 22.6 Å². The van der Waals surface area contributed by atoms with Gasteiger partial charge in [0.25, 0.3) is 0 Å². The average molecular weight is 237 g/mol. The van der Waals surface area contributed by atoms with E-state index in [1.165, 1.54) is 0 Å². The Labute approximate surface area is 67.6 Å². The van der Waals surface area contributed by atoms with Crippen LogP contribution in [-0.2, 0) is 13.5 Å². The summed E-state index contributed by atoms with van der Waals surface area (Å²) in [5, 5.41) is 7.83. The topological polar surface area (TPSA) is 30.7 Å². The van der Waals surface area contributed by atoms with Crippen LogP contribution < -0.4 is 0 Å². The van der Waals surface area contributed by atoms with Gasteiger partial charge in [0.15, 0.2) is 3.83 Å². The highest BCUT2D eigenvalue weighted by Crippen LogP contribution is 2.01. The molecule has 0 saturated carbocycles. The monoisotopic (exact) mass is 237 g/mol. The van der Waals surface area contributed by atoms with E-state index in [-0.39, 0.29) is 0 Å². The standard InChI is InChI=1S/C5H8IN3/c1-3-4-7-8-5(6)9(4)2/h3H2,1-2H3. The van der Waals surface area contributed by atoms with E-state index < -0.39 is 0 Å². The highest BCUT2D eigenvalue weighted by Gasteiger charge is 2.00.